The van der Waals surface area contributed by atoms with Gasteiger partial charge in [-0.1, -0.05) is 26.7 Å². The van der Waals surface area contributed by atoms with E-state index in [0.717, 1.165) is 25.2 Å². The van der Waals surface area contributed by atoms with Crippen LogP contribution < -0.4 is 0 Å². The summed E-state index contributed by atoms with van der Waals surface area (Å²) < 4.78 is 11.8. The van der Waals surface area contributed by atoms with Crippen molar-refractivity contribution in [3.05, 3.63) is 0 Å². The molecule has 0 bridgehead atoms. The molecule has 0 aromatic heterocycles. The van der Waals surface area contributed by atoms with Crippen LogP contribution in [0.25, 0.3) is 0 Å². The molecule has 178 valence electrons. The topological polar surface area (TPSA) is 96.2 Å². The van der Waals surface area contributed by atoms with Crippen molar-refractivity contribution in [2.24, 2.45) is 28.6 Å². The Morgan fingerprint density at radius 3 is 2.48 bits per heavy atom. The van der Waals surface area contributed by atoms with E-state index in [1.807, 2.05) is 13.8 Å². The molecule has 0 spiro atoms. The zero-order chi connectivity index (χ0) is 22.5. The largest absolute Gasteiger partial charge is 0.481 e. The molecule has 3 unspecified atom stereocenters. The minimum Gasteiger partial charge on any atom is -0.481 e. The second kappa shape index (κ2) is 8.27. The number of aliphatic carboxylic acids is 1. The van der Waals surface area contributed by atoms with Crippen LogP contribution in [0.1, 0.15) is 97.8 Å². The lowest BCUT2D eigenvalue weighted by molar-refractivity contribution is -0.354. The molecule has 6 nitrogen and oxygen atoms in total. The van der Waals surface area contributed by atoms with Crippen molar-refractivity contribution in [2.45, 2.75) is 115 Å². The number of carboxylic acid groups (broad SMARTS) is 1. The van der Waals surface area contributed by atoms with Gasteiger partial charge in [-0.15, -0.1) is 0 Å². The van der Waals surface area contributed by atoms with Gasteiger partial charge in [0.2, 0.25) is 0 Å². The molecule has 4 fully saturated rings. The fourth-order valence-electron chi connectivity index (χ4n) is 8.25. The van der Waals surface area contributed by atoms with Crippen LogP contribution in [0.15, 0.2) is 0 Å². The predicted molar refractivity (Wildman–Crippen MR) is 116 cm³/mol. The molecule has 4 saturated carbocycles. The number of carboxylic acids is 1. The van der Waals surface area contributed by atoms with E-state index >= 15 is 0 Å². The third kappa shape index (κ3) is 3.56. The van der Waals surface area contributed by atoms with Crippen LogP contribution in [0.5, 0.6) is 0 Å². The van der Waals surface area contributed by atoms with Crippen LogP contribution >= 0.6 is 0 Å². The van der Waals surface area contributed by atoms with E-state index in [9.17, 15) is 15.0 Å². The maximum absolute atomic E-state index is 12.2. The molecule has 31 heavy (non-hydrogen) atoms. The lowest BCUT2D eigenvalue weighted by atomic mass is 9.43. The van der Waals surface area contributed by atoms with Crippen LogP contribution in [-0.2, 0) is 14.3 Å². The van der Waals surface area contributed by atoms with E-state index in [0.29, 0.717) is 30.8 Å². The van der Waals surface area contributed by atoms with Gasteiger partial charge in [0.25, 0.3) is 0 Å². The molecular weight excluding hydrogens is 396 g/mol. The van der Waals surface area contributed by atoms with Crippen molar-refractivity contribution >= 4 is 5.97 Å². The smallest absolute Gasteiger partial charge is 0.303 e. The van der Waals surface area contributed by atoms with Crippen molar-refractivity contribution in [1.82, 2.24) is 0 Å². The maximum Gasteiger partial charge on any atom is 0.303 e. The lowest BCUT2D eigenvalue weighted by Gasteiger charge is -2.63. The number of aliphatic hydroxyl groups is 2. The van der Waals surface area contributed by atoms with Gasteiger partial charge in [-0.05, 0) is 75.0 Å². The van der Waals surface area contributed by atoms with E-state index in [1.54, 1.807) is 0 Å². The highest BCUT2D eigenvalue weighted by molar-refractivity contribution is 5.66. The highest BCUT2D eigenvalue weighted by Crippen LogP contribution is 2.70. The third-order valence-corrected chi connectivity index (χ3v) is 10.1. The lowest BCUT2D eigenvalue weighted by Crippen LogP contribution is -2.65. The Balaban J connectivity index is 1.57. The molecule has 0 radical (unpaired) electrons. The Hall–Kier alpha value is -0.690. The van der Waals surface area contributed by atoms with Gasteiger partial charge in [0.05, 0.1) is 17.4 Å². The van der Waals surface area contributed by atoms with Gasteiger partial charge in [0, 0.05) is 19.4 Å². The third-order valence-electron chi connectivity index (χ3n) is 10.1. The summed E-state index contributed by atoms with van der Waals surface area (Å²) >= 11 is 0. The van der Waals surface area contributed by atoms with Crippen LogP contribution in [0.2, 0.25) is 0 Å². The highest BCUT2D eigenvalue weighted by Gasteiger charge is 2.72. The summed E-state index contributed by atoms with van der Waals surface area (Å²) in [6, 6.07) is 0. The normalized spacial score (nSPS) is 47.8. The molecule has 4 rings (SSSR count). The Morgan fingerprint density at radius 1 is 1.00 bits per heavy atom. The van der Waals surface area contributed by atoms with Crippen molar-refractivity contribution in [2.75, 3.05) is 6.61 Å². The Bertz CT molecular complexity index is 683. The summed E-state index contributed by atoms with van der Waals surface area (Å²) in [5, 5.41) is 33.0. The first kappa shape index (κ1) is 23.5. The summed E-state index contributed by atoms with van der Waals surface area (Å²) in [7, 11) is 0. The van der Waals surface area contributed by atoms with E-state index in [-0.39, 0.29) is 18.8 Å². The number of carbonyl (C=O) groups is 1. The molecule has 0 aliphatic heterocycles. The van der Waals surface area contributed by atoms with Crippen LogP contribution in [0.3, 0.4) is 0 Å². The standard InChI is InChI=1S/C25H42O6/c1-4-30-21(11-10-20(26)27)31-25(29)16-15-24(28)19-9-8-17-7-5-6-13-22(17,2)18(19)12-14-23(24,25)3/h17-19,21,28-29H,4-16H2,1-3H3,(H,26,27)/t17?,18-,19-,21?,22+,23+,24-,25?/m1/s1. The molecule has 4 aliphatic rings. The predicted octanol–water partition coefficient (Wildman–Crippen LogP) is 4.47. The van der Waals surface area contributed by atoms with Crippen molar-refractivity contribution in [3.8, 4) is 0 Å². The van der Waals surface area contributed by atoms with E-state index in [4.69, 9.17) is 14.6 Å². The second-order valence-corrected chi connectivity index (χ2v) is 11.3. The molecule has 6 heteroatoms. The van der Waals surface area contributed by atoms with E-state index < -0.39 is 29.1 Å². The average Bonchev–Trinajstić information content (AvgIpc) is 2.93. The Morgan fingerprint density at radius 2 is 1.77 bits per heavy atom. The quantitative estimate of drug-likeness (QED) is 0.508. The van der Waals surface area contributed by atoms with Crippen LogP contribution in [-0.4, -0.2) is 45.6 Å². The monoisotopic (exact) mass is 438 g/mol. The zero-order valence-corrected chi connectivity index (χ0v) is 19.6. The van der Waals surface area contributed by atoms with Gasteiger partial charge in [-0.2, -0.15) is 0 Å². The van der Waals surface area contributed by atoms with Gasteiger partial charge in [-0.3, -0.25) is 4.79 Å². The zero-order valence-electron chi connectivity index (χ0n) is 19.6. The minimum atomic E-state index is -1.50. The fourth-order valence-corrected chi connectivity index (χ4v) is 8.25. The Kier molecular flexibility index (Phi) is 6.26. The summed E-state index contributed by atoms with van der Waals surface area (Å²) in [5.74, 6) is -0.956. The molecule has 0 saturated heterocycles. The van der Waals surface area contributed by atoms with Gasteiger partial charge in [0.1, 0.15) is 0 Å². The number of hydrogen-bond acceptors (Lipinski definition) is 5. The van der Waals surface area contributed by atoms with Crippen LogP contribution in [0.4, 0.5) is 0 Å². The maximum atomic E-state index is 12.2. The molecule has 0 aromatic carbocycles. The average molecular weight is 439 g/mol. The van der Waals surface area contributed by atoms with Gasteiger partial charge >= 0.3 is 5.97 Å². The molecule has 0 amide bonds. The number of fused-ring (bicyclic) bond motifs is 5. The number of hydrogen-bond donors (Lipinski definition) is 3. The minimum absolute atomic E-state index is 0.0772. The summed E-state index contributed by atoms with van der Waals surface area (Å²) in [5.41, 5.74) is -1.44. The van der Waals surface area contributed by atoms with Gasteiger partial charge < -0.3 is 24.8 Å². The molecule has 4 aliphatic carbocycles. The van der Waals surface area contributed by atoms with Crippen molar-refractivity contribution in [1.29, 1.82) is 0 Å². The van der Waals surface area contributed by atoms with Crippen LogP contribution in [0, 0.1) is 28.6 Å². The summed E-state index contributed by atoms with van der Waals surface area (Å²) in [6.45, 7) is 6.67. The van der Waals surface area contributed by atoms with Crippen molar-refractivity contribution in [3.63, 3.8) is 0 Å². The van der Waals surface area contributed by atoms with Gasteiger partial charge in [-0.25, -0.2) is 0 Å². The number of ether oxygens (including phenoxy) is 2. The summed E-state index contributed by atoms with van der Waals surface area (Å²) in [4.78, 5) is 11.1. The van der Waals surface area contributed by atoms with Gasteiger partial charge in [0.15, 0.2) is 12.1 Å². The highest BCUT2D eigenvalue weighted by atomic mass is 16.7. The SMILES string of the molecule is CCOC(CCC(=O)O)OC1(O)CC[C@@]2(O)[C@@H]3CCC4CCCC[C@]4(C)[C@@H]3CC[C@]12C. The molecule has 0 aromatic rings. The first-order valence-electron chi connectivity index (χ1n) is 12.6. The summed E-state index contributed by atoms with van der Waals surface area (Å²) in [6.07, 6.45) is 9.36. The fraction of sp³-hybridized carbons (Fsp3) is 0.960. The molecule has 0 heterocycles. The van der Waals surface area contributed by atoms with E-state index in [1.165, 1.54) is 32.1 Å². The molecular formula is C25H42O6. The molecule has 3 N–H and O–H groups in total. The first-order chi connectivity index (χ1) is 14.6. The second-order valence-electron chi connectivity index (χ2n) is 11.3. The van der Waals surface area contributed by atoms with E-state index in [2.05, 4.69) is 6.92 Å². The van der Waals surface area contributed by atoms with Crippen molar-refractivity contribution < 1.29 is 29.6 Å². The Labute approximate surface area is 186 Å². The number of rotatable bonds is 7. The first-order valence-corrected chi connectivity index (χ1v) is 12.6. The molecule has 8 atom stereocenters.